The fourth-order valence-electron chi connectivity index (χ4n) is 1.84. The van der Waals surface area contributed by atoms with Crippen LogP contribution in [0.2, 0.25) is 0 Å². The molecule has 0 saturated heterocycles. The molecular formula is C13H18O. The maximum Gasteiger partial charge on any atom is 0.152 e. The zero-order valence-corrected chi connectivity index (χ0v) is 9.21. The first-order valence-corrected chi connectivity index (χ1v) is 5.19. The van der Waals surface area contributed by atoms with Crippen molar-refractivity contribution in [1.29, 1.82) is 0 Å². The first-order valence-electron chi connectivity index (χ1n) is 5.19. The zero-order valence-electron chi connectivity index (χ0n) is 9.21. The summed E-state index contributed by atoms with van der Waals surface area (Å²) < 4.78 is 0. The highest BCUT2D eigenvalue weighted by molar-refractivity contribution is 5.87. The average molecular weight is 190 g/mol. The van der Waals surface area contributed by atoms with Gasteiger partial charge in [0.05, 0.1) is 0 Å². The van der Waals surface area contributed by atoms with Crippen molar-refractivity contribution in [3.8, 4) is 0 Å². The van der Waals surface area contributed by atoms with Gasteiger partial charge in [0, 0.05) is 0 Å². The number of ketones is 1. The molecule has 0 heterocycles. The molecule has 0 aliphatic heterocycles. The first-order chi connectivity index (χ1) is 6.65. The number of rotatable bonds is 3. The highest BCUT2D eigenvalue weighted by atomic mass is 16.1. The normalized spacial score (nSPS) is 22.9. The molecule has 1 aliphatic carbocycles. The molecule has 1 aliphatic rings. The third-order valence-electron chi connectivity index (χ3n) is 2.61. The quantitative estimate of drug-likeness (QED) is 0.623. The highest BCUT2D eigenvalue weighted by Crippen LogP contribution is 2.33. The standard InChI is InChI=1S/C13H18O/c1-4-5-13-10(2)6-8-12(13)9-7-11(3)14/h4-5,7,9-10H,6,8H2,1-3H3/b5-4-,9-7+. The van der Waals surface area contributed by atoms with Gasteiger partial charge in [0.25, 0.3) is 0 Å². The van der Waals surface area contributed by atoms with Gasteiger partial charge in [-0.3, -0.25) is 4.79 Å². The number of allylic oxidation sites excluding steroid dienone is 6. The molecule has 0 aromatic rings. The molecule has 0 N–H and O–H groups in total. The van der Waals surface area contributed by atoms with Gasteiger partial charge in [0.1, 0.15) is 0 Å². The molecule has 0 spiro atoms. The van der Waals surface area contributed by atoms with E-state index in [0.717, 1.165) is 6.42 Å². The topological polar surface area (TPSA) is 17.1 Å². The summed E-state index contributed by atoms with van der Waals surface area (Å²) >= 11 is 0. The van der Waals surface area contributed by atoms with Crippen molar-refractivity contribution >= 4 is 5.78 Å². The van der Waals surface area contributed by atoms with Crippen molar-refractivity contribution in [3.63, 3.8) is 0 Å². The van der Waals surface area contributed by atoms with Gasteiger partial charge >= 0.3 is 0 Å². The lowest BCUT2D eigenvalue weighted by Gasteiger charge is -2.03. The van der Waals surface area contributed by atoms with E-state index in [-0.39, 0.29) is 5.78 Å². The lowest BCUT2D eigenvalue weighted by atomic mass is 10.0. The van der Waals surface area contributed by atoms with E-state index < -0.39 is 0 Å². The molecule has 1 heteroatoms. The minimum absolute atomic E-state index is 0.122. The Kier molecular flexibility index (Phi) is 3.87. The number of hydrogen-bond acceptors (Lipinski definition) is 1. The number of hydrogen-bond donors (Lipinski definition) is 0. The molecule has 76 valence electrons. The Labute approximate surface area is 86.2 Å². The van der Waals surface area contributed by atoms with E-state index in [0.29, 0.717) is 5.92 Å². The Balaban J connectivity index is 2.87. The van der Waals surface area contributed by atoms with Gasteiger partial charge in [-0.25, -0.2) is 0 Å². The monoisotopic (exact) mass is 190 g/mol. The molecular weight excluding hydrogens is 172 g/mol. The third-order valence-corrected chi connectivity index (χ3v) is 2.61. The fraction of sp³-hybridized carbons (Fsp3) is 0.462. The van der Waals surface area contributed by atoms with Gasteiger partial charge in [0.15, 0.2) is 5.78 Å². The van der Waals surface area contributed by atoms with Gasteiger partial charge in [-0.05, 0) is 49.8 Å². The number of carbonyl (C=O) groups excluding carboxylic acids is 1. The highest BCUT2D eigenvalue weighted by Gasteiger charge is 2.17. The summed E-state index contributed by atoms with van der Waals surface area (Å²) in [6.45, 7) is 5.86. The van der Waals surface area contributed by atoms with Crippen molar-refractivity contribution in [2.24, 2.45) is 5.92 Å². The van der Waals surface area contributed by atoms with Gasteiger partial charge < -0.3 is 0 Å². The van der Waals surface area contributed by atoms with Crippen molar-refractivity contribution < 1.29 is 4.79 Å². The van der Waals surface area contributed by atoms with E-state index in [9.17, 15) is 4.79 Å². The van der Waals surface area contributed by atoms with E-state index in [1.54, 1.807) is 13.0 Å². The van der Waals surface area contributed by atoms with E-state index >= 15 is 0 Å². The van der Waals surface area contributed by atoms with E-state index in [4.69, 9.17) is 0 Å². The molecule has 1 unspecified atom stereocenters. The van der Waals surface area contributed by atoms with Crippen LogP contribution >= 0.6 is 0 Å². The Morgan fingerprint density at radius 2 is 2.14 bits per heavy atom. The first kappa shape index (κ1) is 11.0. The van der Waals surface area contributed by atoms with E-state index in [1.807, 2.05) is 13.0 Å². The summed E-state index contributed by atoms with van der Waals surface area (Å²) in [6.07, 6.45) is 10.2. The van der Waals surface area contributed by atoms with Crippen LogP contribution in [0, 0.1) is 5.92 Å². The van der Waals surface area contributed by atoms with Crippen LogP contribution in [0.3, 0.4) is 0 Å². The average Bonchev–Trinajstić information content (AvgIpc) is 2.46. The minimum atomic E-state index is 0.122. The van der Waals surface area contributed by atoms with Crippen molar-refractivity contribution in [3.05, 3.63) is 35.5 Å². The molecule has 1 nitrogen and oxygen atoms in total. The van der Waals surface area contributed by atoms with E-state index in [1.165, 1.54) is 17.6 Å². The largest absolute Gasteiger partial charge is 0.295 e. The van der Waals surface area contributed by atoms with Crippen LogP contribution < -0.4 is 0 Å². The molecule has 0 fully saturated rings. The van der Waals surface area contributed by atoms with Crippen LogP contribution in [-0.4, -0.2) is 5.78 Å². The number of carbonyl (C=O) groups is 1. The SMILES string of the molecule is C/C=C\C1=C(/C=C/C(C)=O)CCC1C. The molecule has 1 atom stereocenters. The molecule has 0 aromatic heterocycles. The smallest absolute Gasteiger partial charge is 0.152 e. The maximum absolute atomic E-state index is 10.8. The summed E-state index contributed by atoms with van der Waals surface area (Å²) in [7, 11) is 0. The Bertz CT molecular complexity index is 305. The Hall–Kier alpha value is -1.11. The second-order valence-corrected chi connectivity index (χ2v) is 3.86. The van der Waals surface area contributed by atoms with Gasteiger partial charge in [-0.15, -0.1) is 0 Å². The Morgan fingerprint density at radius 1 is 1.43 bits per heavy atom. The molecule has 1 rings (SSSR count). The lowest BCUT2D eigenvalue weighted by Crippen LogP contribution is -1.89. The Morgan fingerprint density at radius 3 is 2.71 bits per heavy atom. The molecule has 14 heavy (non-hydrogen) atoms. The predicted octanol–water partition coefficient (Wildman–Crippen LogP) is 3.43. The molecule has 0 saturated carbocycles. The van der Waals surface area contributed by atoms with Crippen LogP contribution in [0.15, 0.2) is 35.5 Å². The van der Waals surface area contributed by atoms with Gasteiger partial charge in [-0.1, -0.05) is 25.2 Å². The second kappa shape index (κ2) is 4.94. The van der Waals surface area contributed by atoms with Crippen LogP contribution in [0.25, 0.3) is 0 Å². The van der Waals surface area contributed by atoms with Crippen molar-refractivity contribution in [2.45, 2.75) is 33.6 Å². The van der Waals surface area contributed by atoms with Gasteiger partial charge in [0.2, 0.25) is 0 Å². The second-order valence-electron chi connectivity index (χ2n) is 3.86. The third kappa shape index (κ3) is 2.69. The van der Waals surface area contributed by atoms with Crippen LogP contribution in [-0.2, 0) is 4.79 Å². The minimum Gasteiger partial charge on any atom is -0.295 e. The summed E-state index contributed by atoms with van der Waals surface area (Å²) in [5, 5.41) is 0. The van der Waals surface area contributed by atoms with Crippen molar-refractivity contribution in [2.75, 3.05) is 0 Å². The summed E-state index contributed by atoms with van der Waals surface area (Å²) in [4.78, 5) is 10.8. The maximum atomic E-state index is 10.8. The summed E-state index contributed by atoms with van der Waals surface area (Å²) in [5.41, 5.74) is 2.72. The van der Waals surface area contributed by atoms with Crippen LogP contribution in [0.5, 0.6) is 0 Å². The van der Waals surface area contributed by atoms with Crippen LogP contribution in [0.4, 0.5) is 0 Å². The van der Waals surface area contributed by atoms with Crippen LogP contribution in [0.1, 0.15) is 33.6 Å². The molecule has 0 radical (unpaired) electrons. The summed E-state index contributed by atoms with van der Waals surface area (Å²) in [5.74, 6) is 0.759. The summed E-state index contributed by atoms with van der Waals surface area (Å²) in [6, 6.07) is 0. The van der Waals surface area contributed by atoms with Crippen molar-refractivity contribution in [1.82, 2.24) is 0 Å². The lowest BCUT2D eigenvalue weighted by molar-refractivity contribution is -0.112. The zero-order chi connectivity index (χ0) is 10.6. The molecule has 0 aromatic carbocycles. The fourth-order valence-corrected chi connectivity index (χ4v) is 1.84. The predicted molar refractivity (Wildman–Crippen MR) is 60.1 cm³/mol. The molecule has 0 bridgehead atoms. The molecule has 0 amide bonds. The van der Waals surface area contributed by atoms with E-state index in [2.05, 4.69) is 19.1 Å². The van der Waals surface area contributed by atoms with Gasteiger partial charge in [-0.2, -0.15) is 0 Å².